The standard InChI is InChI=1S/C32H33ClN2O5/c1-20-18-26(30(37)34-16-14-22-19-23(33)10-13-27(22)34)25-6-4-5-7-28(25)35(20)29(36)21-8-11-24(12-9-21)40-17-15-32(2,3)31(38)39/h4-13,19-20,26H,14-18H2,1-3H3,(H,38,39)/t20-,26-/m0/s1. The molecular weight excluding hydrogens is 528 g/mol. The van der Waals surface area contributed by atoms with E-state index in [4.69, 9.17) is 16.3 Å². The van der Waals surface area contributed by atoms with Crippen LogP contribution in [0, 0.1) is 5.41 Å². The first kappa shape index (κ1) is 27.7. The largest absolute Gasteiger partial charge is 0.494 e. The van der Waals surface area contributed by atoms with Gasteiger partial charge in [0.2, 0.25) is 5.91 Å². The van der Waals surface area contributed by atoms with Crippen molar-refractivity contribution >= 4 is 40.8 Å². The van der Waals surface area contributed by atoms with Gasteiger partial charge in [-0.05, 0) is 99.7 Å². The Hall–Kier alpha value is -3.84. The van der Waals surface area contributed by atoms with Gasteiger partial charge in [0.05, 0.1) is 17.9 Å². The lowest BCUT2D eigenvalue weighted by molar-refractivity contribution is -0.147. The monoisotopic (exact) mass is 560 g/mol. The number of hydrogen-bond acceptors (Lipinski definition) is 4. The molecule has 8 heteroatoms. The van der Waals surface area contributed by atoms with Crippen LogP contribution in [-0.4, -0.2) is 42.1 Å². The van der Waals surface area contributed by atoms with Crippen molar-refractivity contribution in [3.63, 3.8) is 0 Å². The van der Waals surface area contributed by atoms with Crippen LogP contribution in [0.3, 0.4) is 0 Å². The van der Waals surface area contributed by atoms with Gasteiger partial charge in [-0.2, -0.15) is 0 Å². The highest BCUT2D eigenvalue weighted by Crippen LogP contribution is 2.42. The topological polar surface area (TPSA) is 87.2 Å². The van der Waals surface area contributed by atoms with Gasteiger partial charge in [0, 0.05) is 34.5 Å². The number of carbonyl (C=O) groups excluding carboxylic acids is 2. The molecule has 1 N–H and O–H groups in total. The summed E-state index contributed by atoms with van der Waals surface area (Å²) in [5.74, 6) is -0.761. The molecule has 3 aromatic rings. The number of amides is 2. The maximum Gasteiger partial charge on any atom is 0.309 e. The highest BCUT2D eigenvalue weighted by Gasteiger charge is 2.40. The molecule has 7 nitrogen and oxygen atoms in total. The molecule has 0 bridgehead atoms. The van der Waals surface area contributed by atoms with Crippen LogP contribution in [0.5, 0.6) is 5.75 Å². The van der Waals surface area contributed by atoms with E-state index in [2.05, 4.69) is 0 Å². The molecule has 2 aliphatic heterocycles. The van der Waals surface area contributed by atoms with Crippen LogP contribution in [0.4, 0.5) is 11.4 Å². The van der Waals surface area contributed by atoms with E-state index in [-0.39, 0.29) is 30.4 Å². The van der Waals surface area contributed by atoms with E-state index in [9.17, 15) is 19.5 Å². The normalized spacial score (nSPS) is 18.2. The Morgan fingerprint density at radius 3 is 2.48 bits per heavy atom. The number of aliphatic carboxylic acids is 1. The molecule has 0 aliphatic carbocycles. The second-order valence-electron chi connectivity index (χ2n) is 11.2. The van der Waals surface area contributed by atoms with Crippen molar-refractivity contribution in [2.24, 2.45) is 5.41 Å². The zero-order chi connectivity index (χ0) is 28.6. The predicted octanol–water partition coefficient (Wildman–Crippen LogP) is 6.33. The van der Waals surface area contributed by atoms with Crippen LogP contribution >= 0.6 is 11.6 Å². The number of ether oxygens (including phenoxy) is 1. The minimum Gasteiger partial charge on any atom is -0.494 e. The van der Waals surface area contributed by atoms with Crippen molar-refractivity contribution in [1.29, 1.82) is 0 Å². The van der Waals surface area contributed by atoms with Gasteiger partial charge in [0.15, 0.2) is 0 Å². The van der Waals surface area contributed by atoms with Gasteiger partial charge in [-0.25, -0.2) is 0 Å². The Labute approximate surface area is 239 Å². The van der Waals surface area contributed by atoms with Gasteiger partial charge in [-0.1, -0.05) is 29.8 Å². The SMILES string of the molecule is C[C@H]1C[C@H](C(=O)N2CCc3cc(Cl)ccc32)c2ccccc2N1C(=O)c1ccc(OCCC(C)(C)C(=O)O)cc1. The van der Waals surface area contributed by atoms with E-state index in [0.717, 1.165) is 28.9 Å². The fraction of sp³-hybridized carbons (Fsp3) is 0.344. The molecule has 2 atom stereocenters. The quantitative estimate of drug-likeness (QED) is 0.365. The molecule has 2 aliphatic rings. The summed E-state index contributed by atoms with van der Waals surface area (Å²) in [7, 11) is 0. The summed E-state index contributed by atoms with van der Waals surface area (Å²) in [6, 6.07) is 20.0. The Kier molecular flexibility index (Phi) is 7.60. The minimum absolute atomic E-state index is 0.0417. The molecule has 208 valence electrons. The highest BCUT2D eigenvalue weighted by molar-refractivity contribution is 6.30. The van der Waals surface area contributed by atoms with Gasteiger partial charge in [-0.15, -0.1) is 0 Å². The van der Waals surface area contributed by atoms with Crippen LogP contribution < -0.4 is 14.5 Å². The maximum absolute atomic E-state index is 13.9. The third-order valence-electron chi connectivity index (χ3n) is 7.99. The third-order valence-corrected chi connectivity index (χ3v) is 8.22. The summed E-state index contributed by atoms with van der Waals surface area (Å²) in [6.45, 7) is 6.18. The number of halogens is 1. The van der Waals surface area contributed by atoms with Crippen molar-refractivity contribution < 1.29 is 24.2 Å². The zero-order valence-electron chi connectivity index (χ0n) is 22.9. The molecule has 0 unspecified atom stereocenters. The van der Waals surface area contributed by atoms with Gasteiger partial charge >= 0.3 is 5.97 Å². The molecule has 0 fully saturated rings. The molecule has 5 rings (SSSR count). The van der Waals surface area contributed by atoms with Crippen molar-refractivity contribution in [2.75, 3.05) is 23.0 Å². The highest BCUT2D eigenvalue weighted by atomic mass is 35.5. The van der Waals surface area contributed by atoms with E-state index >= 15 is 0 Å². The molecule has 2 amide bonds. The van der Waals surface area contributed by atoms with E-state index in [1.54, 1.807) is 43.0 Å². The first-order valence-corrected chi connectivity index (χ1v) is 13.9. The van der Waals surface area contributed by atoms with E-state index in [0.29, 0.717) is 35.7 Å². The number of hydrogen-bond donors (Lipinski definition) is 1. The summed E-state index contributed by atoms with van der Waals surface area (Å²) >= 11 is 6.17. The fourth-order valence-corrected chi connectivity index (χ4v) is 5.70. The van der Waals surface area contributed by atoms with Gasteiger partial charge in [-0.3, -0.25) is 14.4 Å². The average molecular weight is 561 g/mol. The number of carbonyl (C=O) groups is 3. The molecule has 0 radical (unpaired) electrons. The number of carboxylic acids is 1. The predicted molar refractivity (Wildman–Crippen MR) is 156 cm³/mol. The molecule has 3 aromatic carbocycles. The van der Waals surface area contributed by atoms with Crippen LogP contribution in [0.25, 0.3) is 0 Å². The van der Waals surface area contributed by atoms with E-state index < -0.39 is 11.4 Å². The number of para-hydroxylation sites is 1. The first-order chi connectivity index (χ1) is 19.1. The summed E-state index contributed by atoms with van der Waals surface area (Å²) in [4.78, 5) is 42.6. The molecule has 0 saturated heterocycles. The molecular formula is C32H33ClN2O5. The Bertz CT molecular complexity index is 1450. The van der Waals surface area contributed by atoms with Crippen LogP contribution in [-0.2, 0) is 16.0 Å². The van der Waals surface area contributed by atoms with E-state index in [1.165, 1.54) is 0 Å². The van der Waals surface area contributed by atoms with Crippen LogP contribution in [0.15, 0.2) is 66.7 Å². The number of anilines is 2. The van der Waals surface area contributed by atoms with Crippen molar-refractivity contribution in [3.05, 3.63) is 88.4 Å². The van der Waals surface area contributed by atoms with Crippen molar-refractivity contribution in [1.82, 2.24) is 0 Å². The molecule has 40 heavy (non-hydrogen) atoms. The Morgan fingerprint density at radius 1 is 1.02 bits per heavy atom. The number of fused-ring (bicyclic) bond motifs is 2. The summed E-state index contributed by atoms with van der Waals surface area (Å²) in [6.07, 6.45) is 1.65. The van der Waals surface area contributed by atoms with Crippen molar-refractivity contribution in [3.8, 4) is 5.75 Å². The Morgan fingerprint density at radius 2 is 1.75 bits per heavy atom. The lowest BCUT2D eigenvalue weighted by Crippen LogP contribution is -2.46. The number of nitrogens with zero attached hydrogens (tertiary/aromatic N) is 2. The fourth-order valence-electron chi connectivity index (χ4n) is 5.51. The second kappa shape index (κ2) is 11.0. The summed E-state index contributed by atoms with van der Waals surface area (Å²) in [5, 5.41) is 9.94. The second-order valence-corrected chi connectivity index (χ2v) is 11.6. The zero-order valence-corrected chi connectivity index (χ0v) is 23.6. The minimum atomic E-state index is -0.876. The van der Waals surface area contributed by atoms with Gasteiger partial charge < -0.3 is 19.6 Å². The summed E-state index contributed by atoms with van der Waals surface area (Å²) in [5.41, 5.74) is 3.21. The lowest BCUT2D eigenvalue weighted by atomic mass is 9.84. The Balaban J connectivity index is 1.33. The van der Waals surface area contributed by atoms with Crippen molar-refractivity contribution in [2.45, 2.75) is 52.0 Å². The van der Waals surface area contributed by atoms with Crippen LogP contribution in [0.1, 0.15) is 61.0 Å². The molecule has 0 aromatic heterocycles. The van der Waals surface area contributed by atoms with Gasteiger partial charge in [0.1, 0.15) is 5.75 Å². The average Bonchev–Trinajstić information content (AvgIpc) is 3.35. The summed E-state index contributed by atoms with van der Waals surface area (Å²) < 4.78 is 5.73. The lowest BCUT2D eigenvalue weighted by Gasteiger charge is -2.40. The number of benzene rings is 3. The molecule has 2 heterocycles. The maximum atomic E-state index is 13.9. The van der Waals surface area contributed by atoms with Crippen LogP contribution in [0.2, 0.25) is 5.02 Å². The first-order valence-electron chi connectivity index (χ1n) is 13.6. The number of carboxylic acid groups (broad SMARTS) is 1. The van der Waals surface area contributed by atoms with Gasteiger partial charge in [0.25, 0.3) is 5.91 Å². The molecule has 0 saturated carbocycles. The molecule has 0 spiro atoms. The third kappa shape index (κ3) is 5.30. The van der Waals surface area contributed by atoms with E-state index in [1.807, 2.05) is 54.3 Å². The smallest absolute Gasteiger partial charge is 0.309 e. The number of rotatable bonds is 7.